The third-order valence-corrected chi connectivity index (χ3v) is 3.58. The molecule has 0 aromatic heterocycles. The molecule has 1 fully saturated rings. The van der Waals surface area contributed by atoms with Gasteiger partial charge >= 0.3 is 0 Å². The van der Waals surface area contributed by atoms with Gasteiger partial charge in [0.05, 0.1) is 11.8 Å². The van der Waals surface area contributed by atoms with Crippen LogP contribution < -0.4 is 5.32 Å². The number of rotatable bonds is 3. The fourth-order valence-corrected chi connectivity index (χ4v) is 2.60. The van der Waals surface area contributed by atoms with Gasteiger partial charge in [-0.15, -0.1) is 6.42 Å². The lowest BCUT2D eigenvalue weighted by Crippen LogP contribution is -2.45. The van der Waals surface area contributed by atoms with Crippen molar-refractivity contribution in [3.05, 3.63) is 35.9 Å². The molecule has 1 saturated heterocycles. The topological polar surface area (TPSA) is 29.1 Å². The molecule has 2 rings (SSSR count). The standard InChI is InChI=1S/C15H17NO/c1-2-6-14(17)15(9-11-16-12-10-15)13-7-4-3-5-8-13/h1,3-5,7-8,16H,6,9-12H2. The van der Waals surface area contributed by atoms with E-state index in [1.165, 1.54) is 0 Å². The zero-order valence-corrected chi connectivity index (χ0v) is 9.91. The summed E-state index contributed by atoms with van der Waals surface area (Å²) in [5.74, 6) is 2.68. The molecular weight excluding hydrogens is 210 g/mol. The molecule has 0 aliphatic carbocycles. The minimum absolute atomic E-state index is 0.188. The predicted molar refractivity (Wildman–Crippen MR) is 68.7 cm³/mol. The summed E-state index contributed by atoms with van der Waals surface area (Å²) in [5.41, 5.74) is 0.751. The van der Waals surface area contributed by atoms with Crippen molar-refractivity contribution in [2.24, 2.45) is 0 Å². The number of hydrogen-bond donors (Lipinski definition) is 1. The van der Waals surface area contributed by atoms with Gasteiger partial charge in [-0.05, 0) is 31.5 Å². The number of ketones is 1. The summed E-state index contributed by atoms with van der Waals surface area (Å²) in [6, 6.07) is 10.0. The van der Waals surface area contributed by atoms with Gasteiger partial charge in [0.15, 0.2) is 5.78 Å². The molecule has 88 valence electrons. The number of terminal acetylenes is 1. The van der Waals surface area contributed by atoms with Crippen LogP contribution in [0.3, 0.4) is 0 Å². The average Bonchev–Trinajstić information content (AvgIpc) is 2.41. The fourth-order valence-electron chi connectivity index (χ4n) is 2.60. The van der Waals surface area contributed by atoms with Crippen molar-refractivity contribution >= 4 is 5.78 Å². The number of Topliss-reactive ketones (excluding diaryl/α,β-unsaturated/α-hetero) is 1. The van der Waals surface area contributed by atoms with E-state index in [-0.39, 0.29) is 17.6 Å². The van der Waals surface area contributed by atoms with Crippen molar-refractivity contribution in [3.8, 4) is 12.3 Å². The Labute approximate surface area is 102 Å². The fraction of sp³-hybridized carbons (Fsp3) is 0.400. The van der Waals surface area contributed by atoms with E-state index in [9.17, 15) is 4.79 Å². The summed E-state index contributed by atoms with van der Waals surface area (Å²) in [6.45, 7) is 1.76. The van der Waals surface area contributed by atoms with Gasteiger partial charge in [-0.2, -0.15) is 0 Å². The van der Waals surface area contributed by atoms with Crippen LogP contribution in [0, 0.1) is 12.3 Å². The van der Waals surface area contributed by atoms with E-state index in [2.05, 4.69) is 11.2 Å². The number of benzene rings is 1. The molecule has 1 N–H and O–H groups in total. The molecule has 0 unspecified atom stereocenters. The first-order chi connectivity index (χ1) is 8.29. The lowest BCUT2D eigenvalue weighted by Gasteiger charge is -2.36. The normalized spacial score (nSPS) is 18.3. The number of nitrogens with one attached hydrogen (secondary N) is 1. The number of carbonyl (C=O) groups is 1. The van der Waals surface area contributed by atoms with Gasteiger partial charge in [0, 0.05) is 0 Å². The highest BCUT2D eigenvalue weighted by atomic mass is 16.1. The first-order valence-corrected chi connectivity index (χ1v) is 6.02. The molecule has 1 heterocycles. The van der Waals surface area contributed by atoms with Crippen molar-refractivity contribution in [3.63, 3.8) is 0 Å². The summed E-state index contributed by atoms with van der Waals surface area (Å²) in [6.07, 6.45) is 7.21. The van der Waals surface area contributed by atoms with Crippen LogP contribution in [0.4, 0.5) is 0 Å². The van der Waals surface area contributed by atoms with Crippen molar-refractivity contribution in [2.45, 2.75) is 24.7 Å². The molecule has 0 amide bonds. The smallest absolute Gasteiger partial charge is 0.155 e. The molecular formula is C15H17NO. The largest absolute Gasteiger partial charge is 0.317 e. The molecule has 2 nitrogen and oxygen atoms in total. The molecule has 1 aliphatic rings. The highest BCUT2D eigenvalue weighted by molar-refractivity contribution is 5.92. The number of carbonyl (C=O) groups excluding carboxylic acids is 1. The summed E-state index contributed by atoms with van der Waals surface area (Å²) in [7, 11) is 0. The SMILES string of the molecule is C#CCC(=O)C1(c2ccccc2)CCNCC1. The Kier molecular flexibility index (Phi) is 3.61. The molecule has 0 spiro atoms. The average molecular weight is 227 g/mol. The Bertz CT molecular complexity index is 424. The van der Waals surface area contributed by atoms with Gasteiger partial charge in [0.25, 0.3) is 0 Å². The van der Waals surface area contributed by atoms with E-state index in [4.69, 9.17) is 6.42 Å². The van der Waals surface area contributed by atoms with Crippen LogP contribution in [0.2, 0.25) is 0 Å². The van der Waals surface area contributed by atoms with Gasteiger partial charge in [-0.3, -0.25) is 4.79 Å². The van der Waals surface area contributed by atoms with E-state index in [0.29, 0.717) is 0 Å². The molecule has 0 atom stereocenters. The Morgan fingerprint density at radius 2 is 1.94 bits per heavy atom. The maximum atomic E-state index is 12.4. The molecule has 0 radical (unpaired) electrons. The maximum absolute atomic E-state index is 12.4. The highest BCUT2D eigenvalue weighted by Crippen LogP contribution is 2.35. The predicted octanol–water partition coefficient (Wildman–Crippen LogP) is 1.90. The highest BCUT2D eigenvalue weighted by Gasteiger charge is 2.39. The van der Waals surface area contributed by atoms with E-state index < -0.39 is 0 Å². The molecule has 1 aromatic carbocycles. The third-order valence-electron chi connectivity index (χ3n) is 3.58. The van der Waals surface area contributed by atoms with Crippen molar-refractivity contribution in [2.75, 3.05) is 13.1 Å². The minimum atomic E-state index is -0.362. The summed E-state index contributed by atoms with van der Waals surface area (Å²) < 4.78 is 0. The zero-order chi connectivity index (χ0) is 12.1. The van der Waals surface area contributed by atoms with Crippen LogP contribution >= 0.6 is 0 Å². The van der Waals surface area contributed by atoms with Crippen LogP contribution in [-0.4, -0.2) is 18.9 Å². The van der Waals surface area contributed by atoms with Crippen molar-refractivity contribution < 1.29 is 4.79 Å². The summed E-state index contributed by atoms with van der Waals surface area (Å²) in [5, 5.41) is 3.30. The monoisotopic (exact) mass is 227 g/mol. The molecule has 1 aromatic rings. The first-order valence-electron chi connectivity index (χ1n) is 6.02. The van der Waals surface area contributed by atoms with E-state index in [1.807, 2.05) is 30.3 Å². The zero-order valence-electron chi connectivity index (χ0n) is 9.91. The molecule has 0 bridgehead atoms. The van der Waals surface area contributed by atoms with Gasteiger partial charge in [0.2, 0.25) is 0 Å². The third kappa shape index (κ3) is 2.25. The Hall–Kier alpha value is -1.59. The summed E-state index contributed by atoms with van der Waals surface area (Å²) >= 11 is 0. The first kappa shape index (κ1) is 11.9. The van der Waals surface area contributed by atoms with Crippen LogP contribution in [0.5, 0.6) is 0 Å². The van der Waals surface area contributed by atoms with E-state index in [0.717, 1.165) is 31.5 Å². The van der Waals surface area contributed by atoms with Gasteiger partial charge in [-0.25, -0.2) is 0 Å². The Balaban J connectivity index is 2.37. The van der Waals surface area contributed by atoms with Crippen LogP contribution in [0.25, 0.3) is 0 Å². The van der Waals surface area contributed by atoms with Crippen molar-refractivity contribution in [1.29, 1.82) is 0 Å². The van der Waals surface area contributed by atoms with Gasteiger partial charge in [-0.1, -0.05) is 36.3 Å². The van der Waals surface area contributed by atoms with Gasteiger partial charge < -0.3 is 5.32 Å². The second-order valence-electron chi connectivity index (χ2n) is 4.50. The number of hydrogen-bond acceptors (Lipinski definition) is 2. The molecule has 0 saturated carbocycles. The maximum Gasteiger partial charge on any atom is 0.155 e. The van der Waals surface area contributed by atoms with Crippen molar-refractivity contribution in [1.82, 2.24) is 5.32 Å². The Morgan fingerprint density at radius 1 is 1.29 bits per heavy atom. The molecule has 2 heteroatoms. The summed E-state index contributed by atoms with van der Waals surface area (Å²) in [4.78, 5) is 12.4. The van der Waals surface area contributed by atoms with E-state index >= 15 is 0 Å². The minimum Gasteiger partial charge on any atom is -0.317 e. The van der Waals surface area contributed by atoms with Gasteiger partial charge in [0.1, 0.15) is 0 Å². The van der Waals surface area contributed by atoms with Crippen LogP contribution in [0.1, 0.15) is 24.8 Å². The molecule has 1 aliphatic heterocycles. The Morgan fingerprint density at radius 3 is 2.53 bits per heavy atom. The lowest BCUT2D eigenvalue weighted by molar-refractivity contribution is -0.124. The quantitative estimate of drug-likeness (QED) is 0.799. The lowest BCUT2D eigenvalue weighted by atomic mass is 9.69. The van der Waals surface area contributed by atoms with Crippen LogP contribution in [-0.2, 0) is 10.2 Å². The number of piperidine rings is 1. The van der Waals surface area contributed by atoms with Crippen LogP contribution in [0.15, 0.2) is 30.3 Å². The van der Waals surface area contributed by atoms with E-state index in [1.54, 1.807) is 0 Å². The second kappa shape index (κ2) is 5.16. The molecule has 17 heavy (non-hydrogen) atoms. The second-order valence-corrected chi connectivity index (χ2v) is 4.50.